The SMILES string of the molecule is O=C1Nc2cc(OC(F)(F)F)ccc2Oc2ccc(-c3cccc(OCCO)n3)cc21. The van der Waals surface area contributed by atoms with E-state index in [1.54, 1.807) is 36.4 Å². The van der Waals surface area contributed by atoms with Crippen LogP contribution in [0.25, 0.3) is 11.3 Å². The maximum atomic E-state index is 12.7. The van der Waals surface area contributed by atoms with E-state index in [4.69, 9.17) is 14.6 Å². The molecule has 0 bridgehead atoms. The van der Waals surface area contributed by atoms with Crippen molar-refractivity contribution in [1.82, 2.24) is 4.98 Å². The van der Waals surface area contributed by atoms with Crippen LogP contribution >= 0.6 is 0 Å². The molecule has 2 N–H and O–H groups in total. The zero-order valence-electron chi connectivity index (χ0n) is 15.8. The zero-order valence-corrected chi connectivity index (χ0v) is 15.8. The number of aromatic nitrogens is 1. The molecule has 2 aromatic carbocycles. The first kappa shape index (κ1) is 20.5. The Labute approximate surface area is 174 Å². The van der Waals surface area contributed by atoms with Crippen molar-refractivity contribution < 1.29 is 37.3 Å². The molecule has 0 unspecified atom stereocenters. The van der Waals surface area contributed by atoms with E-state index >= 15 is 0 Å². The maximum absolute atomic E-state index is 12.7. The van der Waals surface area contributed by atoms with Gasteiger partial charge in [0.1, 0.15) is 18.1 Å². The summed E-state index contributed by atoms with van der Waals surface area (Å²) in [7, 11) is 0. The van der Waals surface area contributed by atoms with Crippen LogP contribution in [0.1, 0.15) is 10.4 Å². The van der Waals surface area contributed by atoms with Crippen LogP contribution in [0.4, 0.5) is 18.9 Å². The number of amides is 1. The summed E-state index contributed by atoms with van der Waals surface area (Å²) < 4.78 is 52.4. The van der Waals surface area contributed by atoms with Crippen molar-refractivity contribution in [1.29, 1.82) is 0 Å². The number of aliphatic hydroxyl groups excluding tert-OH is 1. The lowest BCUT2D eigenvalue weighted by Crippen LogP contribution is -2.17. The molecule has 31 heavy (non-hydrogen) atoms. The summed E-state index contributed by atoms with van der Waals surface area (Å²) in [5, 5.41) is 11.4. The van der Waals surface area contributed by atoms with Gasteiger partial charge in [0.05, 0.1) is 23.6 Å². The highest BCUT2D eigenvalue weighted by atomic mass is 19.4. The van der Waals surface area contributed by atoms with Gasteiger partial charge in [0.2, 0.25) is 5.88 Å². The second kappa shape index (κ2) is 8.15. The average Bonchev–Trinajstić information content (AvgIpc) is 2.86. The van der Waals surface area contributed by atoms with Gasteiger partial charge in [-0.25, -0.2) is 4.98 Å². The van der Waals surface area contributed by atoms with Gasteiger partial charge < -0.3 is 24.6 Å². The summed E-state index contributed by atoms with van der Waals surface area (Å²) in [6, 6.07) is 13.3. The number of ether oxygens (including phenoxy) is 3. The molecule has 0 radical (unpaired) electrons. The number of alkyl halides is 3. The molecule has 3 aromatic rings. The number of benzene rings is 2. The standard InChI is InChI=1S/C21H15F3N2O5/c22-21(23,24)31-13-5-7-18-16(11-13)26-20(28)14-10-12(4-6-17(14)30-18)15-2-1-3-19(25-15)29-9-8-27/h1-7,10-11,27H,8-9H2,(H,26,28). The summed E-state index contributed by atoms with van der Waals surface area (Å²) in [6.07, 6.45) is -4.86. The van der Waals surface area contributed by atoms with Crippen molar-refractivity contribution in [3.8, 4) is 34.4 Å². The van der Waals surface area contributed by atoms with Gasteiger partial charge >= 0.3 is 6.36 Å². The van der Waals surface area contributed by atoms with Gasteiger partial charge in [-0.15, -0.1) is 13.2 Å². The van der Waals surface area contributed by atoms with Gasteiger partial charge in [0.15, 0.2) is 5.75 Å². The third-order valence-corrected chi connectivity index (χ3v) is 4.24. The van der Waals surface area contributed by atoms with Crippen LogP contribution in [0.2, 0.25) is 0 Å². The first-order valence-corrected chi connectivity index (χ1v) is 9.06. The van der Waals surface area contributed by atoms with E-state index < -0.39 is 18.0 Å². The van der Waals surface area contributed by atoms with Crippen molar-refractivity contribution in [3.05, 3.63) is 60.2 Å². The minimum absolute atomic E-state index is 0.0435. The maximum Gasteiger partial charge on any atom is 0.573 e. The molecular weight excluding hydrogens is 417 g/mol. The van der Waals surface area contributed by atoms with Gasteiger partial charge in [0, 0.05) is 17.7 Å². The highest BCUT2D eigenvalue weighted by Crippen LogP contribution is 2.39. The van der Waals surface area contributed by atoms with Crippen LogP contribution < -0.4 is 19.5 Å². The fraction of sp³-hybridized carbons (Fsp3) is 0.143. The lowest BCUT2D eigenvalue weighted by molar-refractivity contribution is -0.274. The molecule has 0 fully saturated rings. The smallest absolute Gasteiger partial charge is 0.475 e. The van der Waals surface area contributed by atoms with Crippen molar-refractivity contribution in [2.45, 2.75) is 6.36 Å². The van der Waals surface area contributed by atoms with Crippen molar-refractivity contribution in [2.75, 3.05) is 18.5 Å². The Morgan fingerprint density at radius 3 is 2.65 bits per heavy atom. The molecule has 10 heteroatoms. The molecule has 7 nitrogen and oxygen atoms in total. The summed E-state index contributed by atoms with van der Waals surface area (Å²) in [5.41, 5.74) is 1.34. The van der Waals surface area contributed by atoms with Crippen LogP contribution in [0.15, 0.2) is 54.6 Å². The van der Waals surface area contributed by atoms with E-state index in [0.717, 1.165) is 12.1 Å². The second-order valence-corrected chi connectivity index (χ2v) is 6.41. The Kier molecular flexibility index (Phi) is 5.38. The number of carbonyl (C=O) groups is 1. The molecule has 160 valence electrons. The number of hydrogen-bond donors (Lipinski definition) is 2. The molecule has 0 saturated carbocycles. The predicted molar refractivity (Wildman–Crippen MR) is 103 cm³/mol. The number of hydrogen-bond acceptors (Lipinski definition) is 6. The van der Waals surface area contributed by atoms with Crippen LogP contribution in [-0.2, 0) is 0 Å². The van der Waals surface area contributed by atoms with Crippen molar-refractivity contribution in [2.24, 2.45) is 0 Å². The fourth-order valence-corrected chi connectivity index (χ4v) is 2.96. The summed E-state index contributed by atoms with van der Waals surface area (Å²) >= 11 is 0. The van der Waals surface area contributed by atoms with Crippen molar-refractivity contribution >= 4 is 11.6 Å². The minimum atomic E-state index is -4.86. The molecule has 0 saturated heterocycles. The van der Waals surface area contributed by atoms with Gasteiger partial charge in [-0.05, 0) is 36.4 Å². The number of aliphatic hydroxyl groups is 1. The predicted octanol–water partition coefficient (Wildman–Crippen LogP) is 4.38. The number of carbonyl (C=O) groups excluding carboxylic acids is 1. The topological polar surface area (TPSA) is 89.9 Å². The van der Waals surface area contributed by atoms with Gasteiger partial charge in [0.25, 0.3) is 5.91 Å². The third kappa shape index (κ3) is 4.69. The normalized spacial score (nSPS) is 12.7. The number of nitrogens with zero attached hydrogens (tertiary/aromatic N) is 1. The summed E-state index contributed by atoms with van der Waals surface area (Å²) in [6.45, 7) is -0.0618. The number of halogens is 3. The molecular formula is C21H15F3N2O5. The Hall–Kier alpha value is -3.79. The fourth-order valence-electron chi connectivity index (χ4n) is 2.96. The molecule has 1 aromatic heterocycles. The van der Waals surface area contributed by atoms with Crippen LogP contribution in [0, 0.1) is 0 Å². The molecule has 1 amide bonds. The minimum Gasteiger partial charge on any atom is -0.475 e. The second-order valence-electron chi connectivity index (χ2n) is 6.41. The van der Waals surface area contributed by atoms with E-state index in [1.807, 2.05) is 0 Å². The van der Waals surface area contributed by atoms with Crippen LogP contribution in [-0.4, -0.2) is 35.6 Å². The number of pyridine rings is 1. The highest BCUT2D eigenvalue weighted by Gasteiger charge is 2.32. The number of anilines is 1. The number of rotatable bonds is 5. The average molecular weight is 432 g/mol. The largest absolute Gasteiger partial charge is 0.573 e. The molecule has 0 aliphatic carbocycles. The molecule has 0 atom stereocenters. The zero-order chi connectivity index (χ0) is 22.0. The van der Waals surface area contributed by atoms with Gasteiger partial charge in [-0.1, -0.05) is 6.07 Å². The molecule has 1 aliphatic heterocycles. The molecule has 2 heterocycles. The molecule has 1 aliphatic rings. The van der Waals surface area contributed by atoms with E-state index in [1.165, 1.54) is 6.07 Å². The number of nitrogens with one attached hydrogen (secondary N) is 1. The summed E-state index contributed by atoms with van der Waals surface area (Å²) in [5.74, 6) is -0.325. The first-order valence-electron chi connectivity index (χ1n) is 9.06. The lowest BCUT2D eigenvalue weighted by Gasteiger charge is -2.12. The van der Waals surface area contributed by atoms with E-state index in [9.17, 15) is 18.0 Å². The molecule has 4 rings (SSSR count). The summed E-state index contributed by atoms with van der Waals surface area (Å²) in [4.78, 5) is 17.1. The molecule has 0 spiro atoms. The Morgan fingerprint density at radius 2 is 1.87 bits per heavy atom. The van der Waals surface area contributed by atoms with Gasteiger partial charge in [-0.3, -0.25) is 4.79 Å². The van der Waals surface area contributed by atoms with E-state index in [2.05, 4.69) is 15.0 Å². The Balaban J connectivity index is 1.64. The van der Waals surface area contributed by atoms with E-state index in [0.29, 0.717) is 17.1 Å². The lowest BCUT2D eigenvalue weighted by atomic mass is 10.1. The Bertz CT molecular complexity index is 1130. The first-order chi connectivity index (χ1) is 14.8. The van der Waals surface area contributed by atoms with Crippen molar-refractivity contribution in [3.63, 3.8) is 0 Å². The monoisotopic (exact) mass is 432 g/mol. The van der Waals surface area contributed by atoms with Gasteiger partial charge in [-0.2, -0.15) is 0 Å². The highest BCUT2D eigenvalue weighted by molar-refractivity contribution is 6.08. The van der Waals surface area contributed by atoms with Crippen LogP contribution in [0.5, 0.6) is 23.1 Å². The quantitative estimate of drug-likeness (QED) is 0.622. The third-order valence-electron chi connectivity index (χ3n) is 4.24. The Morgan fingerprint density at radius 1 is 1.06 bits per heavy atom. The van der Waals surface area contributed by atoms with Crippen LogP contribution in [0.3, 0.4) is 0 Å². The number of fused-ring (bicyclic) bond motifs is 2. The van der Waals surface area contributed by atoms with E-state index in [-0.39, 0.29) is 36.0 Å².